The van der Waals surface area contributed by atoms with Crippen molar-refractivity contribution in [2.24, 2.45) is 0 Å². The summed E-state index contributed by atoms with van der Waals surface area (Å²) in [6, 6.07) is 15.4. The van der Waals surface area contributed by atoms with E-state index in [2.05, 4.69) is 0 Å². The van der Waals surface area contributed by atoms with Crippen molar-refractivity contribution in [3.63, 3.8) is 0 Å². The average Bonchev–Trinajstić information content (AvgIpc) is 2.94. The molecule has 2 aromatic carbocycles. The van der Waals surface area contributed by atoms with Gasteiger partial charge in [0.25, 0.3) is 0 Å². The molecule has 1 atom stereocenters. The normalized spacial score (nSPS) is 17.5. The van der Waals surface area contributed by atoms with E-state index in [1.807, 2.05) is 42.5 Å². The molecule has 0 amide bonds. The van der Waals surface area contributed by atoms with Crippen molar-refractivity contribution >= 4 is 5.78 Å². The van der Waals surface area contributed by atoms with Gasteiger partial charge in [-0.2, -0.15) is 24.3 Å². The van der Waals surface area contributed by atoms with E-state index in [-0.39, 0.29) is 22.9 Å². The minimum Gasteiger partial charge on any atom is -0.391 e. The van der Waals surface area contributed by atoms with Crippen LogP contribution < -0.4 is 0 Å². The van der Waals surface area contributed by atoms with Crippen LogP contribution in [0.25, 0.3) is 0 Å². The van der Waals surface area contributed by atoms with E-state index in [1.165, 1.54) is 0 Å². The summed E-state index contributed by atoms with van der Waals surface area (Å²) in [5, 5.41) is 9.42. The van der Waals surface area contributed by atoms with E-state index in [0.29, 0.717) is 18.4 Å². The Morgan fingerprint density at radius 1 is 1.29 bits per heavy atom. The van der Waals surface area contributed by atoms with Gasteiger partial charge in [-0.05, 0) is 6.42 Å². The van der Waals surface area contributed by atoms with Gasteiger partial charge in [0.2, 0.25) is 0 Å². The fourth-order valence-corrected chi connectivity index (χ4v) is 1.86. The van der Waals surface area contributed by atoms with Crippen LogP contribution in [-0.4, -0.2) is 10.9 Å². The largest absolute Gasteiger partial charge is 0.391 e. The molecule has 0 saturated carbocycles. The zero-order valence-electron chi connectivity index (χ0n) is 9.32. The Hall–Kier alpha value is -1.15. The van der Waals surface area contributed by atoms with Crippen LogP contribution in [0.3, 0.4) is 0 Å². The molecule has 2 aromatic rings. The summed E-state index contributed by atoms with van der Waals surface area (Å²) in [6.07, 6.45) is 0.645. The van der Waals surface area contributed by atoms with Gasteiger partial charge in [0.1, 0.15) is 5.78 Å². The summed E-state index contributed by atoms with van der Waals surface area (Å²) in [5.41, 5.74) is 1.52. The zero-order chi connectivity index (χ0) is 11.4. The van der Waals surface area contributed by atoms with E-state index >= 15 is 0 Å². The second-order valence-electron chi connectivity index (χ2n) is 3.83. The van der Waals surface area contributed by atoms with Crippen LogP contribution >= 0.6 is 0 Å². The number of hydrogen-bond acceptors (Lipinski definition) is 2. The first-order chi connectivity index (χ1) is 7.79. The molecule has 0 radical (unpaired) electrons. The first-order valence-corrected chi connectivity index (χ1v) is 5.42. The Bertz CT molecular complexity index is 425. The Morgan fingerprint density at radius 2 is 2.00 bits per heavy atom. The number of aliphatic hydroxyl groups is 1. The molecule has 3 heteroatoms. The van der Waals surface area contributed by atoms with Crippen molar-refractivity contribution < 1.29 is 27.0 Å². The molecule has 0 aromatic heterocycles. The maximum absolute atomic E-state index is 11.2. The third-order valence-electron chi connectivity index (χ3n) is 2.71. The zero-order valence-corrected chi connectivity index (χ0v) is 10.4. The summed E-state index contributed by atoms with van der Waals surface area (Å²) < 4.78 is 0. The number of Topliss-reactive ketones (excluding diaryl/α,β-unsaturated/α-hetero) is 1. The third-order valence-corrected chi connectivity index (χ3v) is 2.71. The monoisotopic (exact) mass is 270 g/mol. The fourth-order valence-electron chi connectivity index (χ4n) is 1.86. The maximum Gasteiger partial charge on any atom is 0.109 e. The van der Waals surface area contributed by atoms with Crippen LogP contribution in [0.15, 0.2) is 48.5 Å². The minimum atomic E-state index is -0.419. The SMILES string of the molecule is O=C1CCC(O)c2ccc[c-]21.[Fe].c1cc[cH-]c1. The summed E-state index contributed by atoms with van der Waals surface area (Å²) >= 11 is 0. The predicted molar refractivity (Wildman–Crippen MR) is 62.6 cm³/mol. The Morgan fingerprint density at radius 3 is 2.53 bits per heavy atom. The second-order valence-corrected chi connectivity index (χ2v) is 3.83. The number of fused-ring (bicyclic) bond motifs is 1. The van der Waals surface area contributed by atoms with Crippen LogP contribution in [0.1, 0.15) is 34.9 Å². The Labute approximate surface area is 111 Å². The van der Waals surface area contributed by atoms with Gasteiger partial charge in [-0.3, -0.25) is 0 Å². The van der Waals surface area contributed by atoms with Crippen LogP contribution in [0.2, 0.25) is 0 Å². The van der Waals surface area contributed by atoms with Crippen molar-refractivity contribution in [2.45, 2.75) is 18.9 Å². The summed E-state index contributed by atoms with van der Waals surface area (Å²) in [5.74, 6) is 0.162. The first kappa shape index (κ1) is 13.9. The van der Waals surface area contributed by atoms with Crippen molar-refractivity contribution in [3.8, 4) is 0 Å². The van der Waals surface area contributed by atoms with Crippen molar-refractivity contribution in [1.82, 2.24) is 0 Å². The van der Waals surface area contributed by atoms with E-state index in [1.54, 1.807) is 6.07 Å². The van der Waals surface area contributed by atoms with Crippen molar-refractivity contribution in [1.29, 1.82) is 0 Å². The molecule has 3 rings (SSSR count). The van der Waals surface area contributed by atoms with Gasteiger partial charge in [0, 0.05) is 23.5 Å². The molecule has 0 spiro atoms. The summed E-state index contributed by atoms with van der Waals surface area (Å²) in [4.78, 5) is 11.2. The topological polar surface area (TPSA) is 37.3 Å². The van der Waals surface area contributed by atoms with E-state index in [9.17, 15) is 9.90 Å². The Kier molecular flexibility index (Phi) is 5.36. The minimum absolute atomic E-state index is 0. The van der Waals surface area contributed by atoms with Crippen LogP contribution in [0.4, 0.5) is 0 Å². The molecule has 0 heterocycles. The molecule has 17 heavy (non-hydrogen) atoms. The van der Waals surface area contributed by atoms with Gasteiger partial charge >= 0.3 is 0 Å². The molecule has 1 unspecified atom stereocenters. The quantitative estimate of drug-likeness (QED) is 0.590. The second kappa shape index (κ2) is 6.55. The van der Waals surface area contributed by atoms with Gasteiger partial charge in [0.05, 0.1) is 6.10 Å². The van der Waals surface area contributed by atoms with Crippen LogP contribution in [-0.2, 0) is 17.1 Å². The number of aliphatic hydroxyl groups excluding tert-OH is 1. The van der Waals surface area contributed by atoms with Crippen molar-refractivity contribution in [2.75, 3.05) is 0 Å². The number of carbonyl (C=O) groups is 1. The number of rotatable bonds is 0. The van der Waals surface area contributed by atoms with Crippen LogP contribution in [0.5, 0.6) is 0 Å². The third kappa shape index (κ3) is 3.40. The smallest absolute Gasteiger partial charge is 0.109 e. The summed E-state index contributed by atoms with van der Waals surface area (Å²) in [7, 11) is 0. The van der Waals surface area contributed by atoms with E-state index < -0.39 is 6.10 Å². The molecule has 0 fully saturated rings. The Balaban J connectivity index is 0.000000205. The number of hydrogen-bond donors (Lipinski definition) is 1. The molecular weight excluding hydrogens is 256 g/mol. The first-order valence-electron chi connectivity index (χ1n) is 5.42. The standard InChI is InChI=1S/C9H9O2.C5H5.Fe/c10-8-4-5-9(11)7-3-1-2-6(7)8;1-2-4-5-3-1;/h1-3,8,10H,4-5H2;1-5H;/q2*-1;. The number of carbonyl (C=O) groups excluding carboxylic acids is 1. The van der Waals surface area contributed by atoms with Gasteiger partial charge in [0.15, 0.2) is 0 Å². The molecule has 1 aliphatic carbocycles. The molecule has 0 bridgehead atoms. The van der Waals surface area contributed by atoms with E-state index in [4.69, 9.17) is 0 Å². The van der Waals surface area contributed by atoms with Crippen molar-refractivity contribution in [3.05, 3.63) is 59.7 Å². The maximum atomic E-state index is 11.2. The number of ketones is 1. The van der Waals surface area contributed by atoms with Gasteiger partial charge < -0.3 is 9.90 Å². The van der Waals surface area contributed by atoms with Gasteiger partial charge in [-0.1, -0.05) is 5.56 Å². The molecule has 1 N–H and O–H groups in total. The molecular formula is C14H14FeO2-2. The molecule has 0 saturated heterocycles. The molecule has 1 aliphatic rings. The van der Waals surface area contributed by atoms with E-state index in [0.717, 1.165) is 5.56 Å². The van der Waals surface area contributed by atoms with Gasteiger partial charge in [-0.15, -0.1) is 5.56 Å². The predicted octanol–water partition coefficient (Wildman–Crippen LogP) is 2.82. The average molecular weight is 270 g/mol. The van der Waals surface area contributed by atoms with Crippen LogP contribution in [0, 0.1) is 0 Å². The summed E-state index contributed by atoms with van der Waals surface area (Å²) in [6.45, 7) is 0. The molecule has 2 nitrogen and oxygen atoms in total. The fraction of sp³-hybridized carbons (Fsp3) is 0.214. The van der Waals surface area contributed by atoms with Gasteiger partial charge in [-0.25, -0.2) is 24.3 Å². The molecule has 0 aliphatic heterocycles. The molecule has 92 valence electrons.